The summed E-state index contributed by atoms with van der Waals surface area (Å²) in [5.41, 5.74) is 0.586. The molecule has 3 rings (SSSR count). The fraction of sp³-hybridized carbons (Fsp3) is 0.682. The van der Waals surface area contributed by atoms with Crippen LogP contribution in [-0.2, 0) is 4.74 Å². The van der Waals surface area contributed by atoms with E-state index in [1.54, 1.807) is 0 Å². The quantitative estimate of drug-likeness (QED) is 0.681. The molecule has 1 atom stereocenters. The third-order valence-corrected chi connectivity index (χ3v) is 6.57. The number of alkyl carbamates (subject to hydrolysis) is 1. The Hall–Kier alpha value is -1.17. The zero-order chi connectivity index (χ0) is 21.2. The van der Waals surface area contributed by atoms with Crippen LogP contribution < -0.4 is 10.2 Å². The van der Waals surface area contributed by atoms with Gasteiger partial charge in [0, 0.05) is 31.7 Å². The number of hydrogen-bond donors (Lipinski definition) is 1. The molecule has 1 aliphatic carbocycles. The highest BCUT2D eigenvalue weighted by atomic mass is 35.5. The fourth-order valence-electron chi connectivity index (χ4n) is 4.24. The van der Waals surface area contributed by atoms with E-state index in [0.29, 0.717) is 22.0 Å². The summed E-state index contributed by atoms with van der Waals surface area (Å²) < 4.78 is 5.33. The van der Waals surface area contributed by atoms with Crippen molar-refractivity contribution in [3.05, 3.63) is 28.2 Å². The molecule has 29 heavy (non-hydrogen) atoms. The van der Waals surface area contributed by atoms with E-state index in [0.717, 1.165) is 44.7 Å². The van der Waals surface area contributed by atoms with Gasteiger partial charge in [0.25, 0.3) is 0 Å². The molecule has 1 aromatic rings. The van der Waals surface area contributed by atoms with Crippen molar-refractivity contribution >= 4 is 35.0 Å². The molecule has 1 aromatic carbocycles. The second-order valence-electron chi connectivity index (χ2n) is 9.39. The molecule has 0 unspecified atom stereocenters. The van der Waals surface area contributed by atoms with Gasteiger partial charge in [-0.1, -0.05) is 29.3 Å². The summed E-state index contributed by atoms with van der Waals surface area (Å²) in [6.45, 7) is 12.0. The molecule has 0 radical (unpaired) electrons. The van der Waals surface area contributed by atoms with E-state index in [1.165, 1.54) is 6.42 Å². The Morgan fingerprint density at radius 2 is 1.97 bits per heavy atom. The van der Waals surface area contributed by atoms with Crippen LogP contribution in [0, 0.1) is 5.92 Å². The number of carbonyl (C=O) groups is 1. The van der Waals surface area contributed by atoms with E-state index >= 15 is 0 Å². The molecule has 5 nitrogen and oxygen atoms in total. The van der Waals surface area contributed by atoms with E-state index in [1.807, 2.05) is 39.0 Å². The lowest BCUT2D eigenvalue weighted by atomic mass is 9.78. The van der Waals surface area contributed by atoms with Crippen molar-refractivity contribution in [3.63, 3.8) is 0 Å². The van der Waals surface area contributed by atoms with Gasteiger partial charge in [0.15, 0.2) is 0 Å². The third-order valence-electron chi connectivity index (χ3n) is 5.76. The number of rotatable bonds is 5. The summed E-state index contributed by atoms with van der Waals surface area (Å²) in [5.74, 6) is 0.686. The van der Waals surface area contributed by atoms with Gasteiger partial charge < -0.3 is 15.0 Å². The normalized spacial score (nSPS) is 25.4. The highest BCUT2D eigenvalue weighted by molar-refractivity contribution is 6.43. The predicted molar refractivity (Wildman–Crippen MR) is 120 cm³/mol. The largest absolute Gasteiger partial charge is 0.444 e. The van der Waals surface area contributed by atoms with Gasteiger partial charge in [0.05, 0.1) is 15.7 Å². The number of amides is 1. The fourth-order valence-corrected chi connectivity index (χ4v) is 4.64. The molecule has 1 saturated carbocycles. The lowest BCUT2D eigenvalue weighted by Crippen LogP contribution is -2.53. The zero-order valence-corrected chi connectivity index (χ0v) is 19.4. The van der Waals surface area contributed by atoms with E-state index in [-0.39, 0.29) is 12.1 Å². The average Bonchev–Trinajstić information content (AvgIpc) is 2.58. The van der Waals surface area contributed by atoms with Crippen molar-refractivity contribution < 1.29 is 9.53 Å². The van der Waals surface area contributed by atoms with E-state index < -0.39 is 5.60 Å². The number of halogens is 2. The Bertz CT molecular complexity index is 716. The molecule has 1 saturated heterocycles. The number of ether oxygens (including phenoxy) is 1. The Balaban J connectivity index is 1.38. The van der Waals surface area contributed by atoms with Gasteiger partial charge in [-0.3, -0.25) is 4.90 Å². The minimum Gasteiger partial charge on any atom is -0.444 e. The van der Waals surface area contributed by atoms with Crippen LogP contribution in [0.5, 0.6) is 0 Å². The Morgan fingerprint density at radius 3 is 2.62 bits per heavy atom. The smallest absolute Gasteiger partial charge is 0.407 e. The first-order valence-corrected chi connectivity index (χ1v) is 11.3. The van der Waals surface area contributed by atoms with Crippen molar-refractivity contribution in [2.45, 2.75) is 64.6 Å². The number of nitrogens with one attached hydrogen (secondary N) is 1. The van der Waals surface area contributed by atoms with Crippen molar-refractivity contribution in [1.29, 1.82) is 0 Å². The van der Waals surface area contributed by atoms with E-state index in [4.69, 9.17) is 27.9 Å². The molecule has 162 valence electrons. The lowest BCUT2D eigenvalue weighted by Gasteiger charge is -2.43. The van der Waals surface area contributed by atoms with Crippen molar-refractivity contribution in [1.82, 2.24) is 10.2 Å². The van der Waals surface area contributed by atoms with Gasteiger partial charge in [-0.25, -0.2) is 4.79 Å². The van der Waals surface area contributed by atoms with Gasteiger partial charge in [-0.15, -0.1) is 0 Å². The van der Waals surface area contributed by atoms with Crippen molar-refractivity contribution in [2.75, 3.05) is 31.1 Å². The summed E-state index contributed by atoms with van der Waals surface area (Å²) >= 11 is 12.6. The van der Waals surface area contributed by atoms with Crippen LogP contribution in [-0.4, -0.2) is 54.9 Å². The summed E-state index contributed by atoms with van der Waals surface area (Å²) in [4.78, 5) is 16.7. The maximum Gasteiger partial charge on any atom is 0.407 e. The zero-order valence-electron chi connectivity index (χ0n) is 17.9. The number of hydrogen-bond acceptors (Lipinski definition) is 4. The molecule has 0 bridgehead atoms. The van der Waals surface area contributed by atoms with Gasteiger partial charge >= 0.3 is 6.09 Å². The molecule has 1 N–H and O–H groups in total. The van der Waals surface area contributed by atoms with Crippen LogP contribution in [0.3, 0.4) is 0 Å². The van der Waals surface area contributed by atoms with E-state index in [2.05, 4.69) is 22.0 Å². The van der Waals surface area contributed by atoms with Crippen LogP contribution in [0.4, 0.5) is 10.5 Å². The van der Waals surface area contributed by atoms with Crippen LogP contribution >= 0.6 is 23.2 Å². The number of anilines is 1. The Kier molecular flexibility index (Phi) is 7.23. The molecule has 7 heteroatoms. The van der Waals surface area contributed by atoms with Gasteiger partial charge in [0.1, 0.15) is 5.60 Å². The van der Waals surface area contributed by atoms with E-state index in [9.17, 15) is 4.79 Å². The van der Waals surface area contributed by atoms with Crippen LogP contribution in [0.2, 0.25) is 10.0 Å². The first kappa shape index (κ1) is 22.5. The summed E-state index contributed by atoms with van der Waals surface area (Å²) in [6, 6.07) is 6.49. The van der Waals surface area contributed by atoms with Gasteiger partial charge in [-0.05, 0) is 71.6 Å². The maximum absolute atomic E-state index is 11.8. The first-order valence-electron chi connectivity index (χ1n) is 10.5. The summed E-state index contributed by atoms with van der Waals surface area (Å²) in [7, 11) is 0. The molecular weight excluding hydrogens is 409 g/mol. The molecule has 0 spiro atoms. The maximum atomic E-state index is 11.8. The monoisotopic (exact) mass is 441 g/mol. The topological polar surface area (TPSA) is 44.8 Å². The van der Waals surface area contributed by atoms with Crippen LogP contribution in [0.25, 0.3) is 0 Å². The van der Waals surface area contributed by atoms with Crippen LogP contribution in [0.15, 0.2) is 18.2 Å². The number of piperazine rings is 1. The predicted octanol–water partition coefficient (Wildman–Crippen LogP) is 5.20. The molecule has 2 aliphatic rings. The van der Waals surface area contributed by atoms with Gasteiger partial charge in [-0.2, -0.15) is 0 Å². The molecule has 2 fully saturated rings. The Labute approximate surface area is 184 Å². The minimum atomic E-state index is -0.443. The summed E-state index contributed by atoms with van der Waals surface area (Å²) in [5, 5.41) is 4.23. The van der Waals surface area contributed by atoms with Crippen molar-refractivity contribution in [2.24, 2.45) is 5.92 Å². The second-order valence-corrected chi connectivity index (χ2v) is 10.2. The second kappa shape index (κ2) is 9.32. The highest BCUT2D eigenvalue weighted by Gasteiger charge is 2.32. The molecule has 0 aromatic heterocycles. The summed E-state index contributed by atoms with van der Waals surface area (Å²) in [6.07, 6.45) is 2.97. The van der Waals surface area contributed by atoms with Gasteiger partial charge in [0.2, 0.25) is 0 Å². The standard InChI is InChI=1S/C22H33Cl2N3O2/c1-15-14-26(10-11-27(15)19-7-5-6-18(23)20(19)24)9-8-16-12-17(13-16)25-21(28)29-22(2,3)4/h5-7,15-17H,8-14H2,1-4H3,(H,25,28)/t15-,16-,17-/m1/s1. The number of benzene rings is 1. The SMILES string of the molecule is C[C@@H]1CN(CC[C@H]2C[C@H](NC(=O)OC(C)(C)C)C2)CCN1c1cccc(Cl)c1Cl. The third kappa shape index (κ3) is 6.16. The number of carbonyl (C=O) groups excluding carboxylic acids is 1. The Morgan fingerprint density at radius 1 is 1.24 bits per heavy atom. The van der Waals surface area contributed by atoms with Crippen LogP contribution in [0.1, 0.15) is 47.0 Å². The average molecular weight is 442 g/mol. The molecule has 1 amide bonds. The number of nitrogens with zero attached hydrogens (tertiary/aromatic N) is 2. The van der Waals surface area contributed by atoms with Crippen molar-refractivity contribution in [3.8, 4) is 0 Å². The minimum absolute atomic E-state index is 0.260. The lowest BCUT2D eigenvalue weighted by molar-refractivity contribution is 0.0444. The molecular formula is C22H33Cl2N3O2. The molecule has 1 aliphatic heterocycles. The first-order chi connectivity index (χ1) is 13.6. The molecule has 1 heterocycles. The highest BCUT2D eigenvalue weighted by Crippen LogP contribution is 2.35.